The molecule has 0 radical (unpaired) electrons. The first kappa shape index (κ1) is 23.4. The highest BCUT2D eigenvalue weighted by Crippen LogP contribution is 2.28. The van der Waals surface area contributed by atoms with Crippen LogP contribution in [0.5, 0.6) is 0 Å². The quantitative estimate of drug-likeness (QED) is 0.488. The van der Waals surface area contributed by atoms with Crippen LogP contribution in [0.4, 0.5) is 5.69 Å². The maximum atomic E-state index is 12.8. The van der Waals surface area contributed by atoms with Gasteiger partial charge in [-0.1, -0.05) is 43.7 Å². The Bertz CT molecular complexity index is 1190. The molecule has 0 aliphatic heterocycles. The fourth-order valence-electron chi connectivity index (χ4n) is 3.48. The Hall–Kier alpha value is -2.22. The Balaban J connectivity index is 2.08. The molecule has 0 aliphatic rings. The van der Waals surface area contributed by atoms with E-state index in [1.807, 2.05) is 38.1 Å². The molecule has 0 spiro atoms. The third-order valence-electron chi connectivity index (χ3n) is 5.13. The first-order chi connectivity index (χ1) is 14.6. The molecule has 0 N–H and O–H groups in total. The summed E-state index contributed by atoms with van der Waals surface area (Å²) in [5.41, 5.74) is 3.92. The van der Waals surface area contributed by atoms with Crippen molar-refractivity contribution >= 4 is 27.0 Å². The van der Waals surface area contributed by atoms with Crippen LogP contribution in [0, 0.1) is 6.92 Å². The predicted molar refractivity (Wildman–Crippen MR) is 129 cm³/mol. The number of rotatable bonds is 6. The number of nitrogens with zero attached hydrogens (tertiary/aromatic N) is 3. The Labute approximate surface area is 189 Å². The minimum atomic E-state index is -3.47. The van der Waals surface area contributed by atoms with Crippen LogP contribution in [0.2, 0.25) is 0 Å². The van der Waals surface area contributed by atoms with Crippen molar-refractivity contribution in [3.8, 4) is 11.3 Å². The predicted octanol–water partition coefficient (Wildman–Crippen LogP) is 5.54. The van der Waals surface area contributed by atoms with Crippen molar-refractivity contribution in [1.82, 2.24) is 8.87 Å². The van der Waals surface area contributed by atoms with Gasteiger partial charge in [-0.2, -0.15) is 4.31 Å². The number of hydrogen-bond acceptors (Lipinski definition) is 4. The fraction of sp³-hybridized carbons (Fsp3) is 0.375. The average molecular weight is 458 g/mol. The van der Waals surface area contributed by atoms with E-state index in [1.54, 1.807) is 23.5 Å². The second-order valence-corrected chi connectivity index (χ2v) is 11.2. The van der Waals surface area contributed by atoms with Crippen LogP contribution in [0.15, 0.2) is 63.8 Å². The zero-order chi connectivity index (χ0) is 22.8. The number of hydrogen-bond donors (Lipinski definition) is 0. The fourth-order valence-corrected chi connectivity index (χ4v) is 6.03. The third-order valence-corrected chi connectivity index (χ3v) is 8.02. The van der Waals surface area contributed by atoms with Gasteiger partial charge in [-0.15, -0.1) is 11.3 Å². The molecule has 3 aromatic rings. The van der Waals surface area contributed by atoms with Gasteiger partial charge in [0.05, 0.1) is 16.3 Å². The van der Waals surface area contributed by atoms with Crippen molar-refractivity contribution in [2.75, 3.05) is 13.1 Å². The van der Waals surface area contributed by atoms with Gasteiger partial charge in [0.1, 0.15) is 0 Å². The van der Waals surface area contributed by atoms with Crippen molar-refractivity contribution in [3.05, 3.63) is 64.3 Å². The number of benzene rings is 2. The zero-order valence-electron chi connectivity index (χ0n) is 19.1. The number of sulfonamides is 1. The van der Waals surface area contributed by atoms with E-state index in [0.29, 0.717) is 18.0 Å². The SMILES string of the molecule is CCN(CC)S(=O)(=O)c1ccc(-c2csc(=Nc3ccc(C)cc3)n2C(C)(C)C)cc1. The lowest BCUT2D eigenvalue weighted by Crippen LogP contribution is -2.31. The molecule has 5 nitrogen and oxygen atoms in total. The summed E-state index contributed by atoms with van der Waals surface area (Å²) in [5, 5.41) is 2.09. The lowest BCUT2D eigenvalue weighted by atomic mass is 10.1. The molecular formula is C24H31N3O2S2. The van der Waals surface area contributed by atoms with Crippen LogP contribution in [0.25, 0.3) is 11.3 Å². The molecule has 0 amide bonds. The van der Waals surface area contributed by atoms with E-state index < -0.39 is 10.0 Å². The first-order valence-corrected chi connectivity index (χ1v) is 12.8. The van der Waals surface area contributed by atoms with Gasteiger partial charge >= 0.3 is 0 Å². The molecule has 1 aromatic heterocycles. The van der Waals surface area contributed by atoms with Crippen LogP contribution >= 0.6 is 11.3 Å². The molecular weight excluding hydrogens is 426 g/mol. The largest absolute Gasteiger partial charge is 0.311 e. The van der Waals surface area contributed by atoms with E-state index in [9.17, 15) is 8.42 Å². The first-order valence-electron chi connectivity index (χ1n) is 10.5. The monoisotopic (exact) mass is 457 g/mol. The highest BCUT2D eigenvalue weighted by Gasteiger charge is 2.23. The minimum Gasteiger partial charge on any atom is -0.311 e. The van der Waals surface area contributed by atoms with Gasteiger partial charge < -0.3 is 4.57 Å². The van der Waals surface area contributed by atoms with Crippen LogP contribution in [0.1, 0.15) is 40.2 Å². The number of thiazole rings is 1. The molecule has 0 aliphatic carbocycles. The minimum absolute atomic E-state index is 0.190. The molecule has 0 saturated carbocycles. The molecule has 1 heterocycles. The molecule has 7 heteroatoms. The highest BCUT2D eigenvalue weighted by molar-refractivity contribution is 7.89. The number of aryl methyl sites for hydroxylation is 1. The van der Waals surface area contributed by atoms with Crippen LogP contribution in [0.3, 0.4) is 0 Å². The summed E-state index contributed by atoms with van der Waals surface area (Å²) in [5.74, 6) is 0. The van der Waals surface area contributed by atoms with E-state index in [-0.39, 0.29) is 5.54 Å². The van der Waals surface area contributed by atoms with Crippen molar-refractivity contribution in [2.24, 2.45) is 4.99 Å². The van der Waals surface area contributed by atoms with Crippen LogP contribution < -0.4 is 4.80 Å². The van der Waals surface area contributed by atoms with Crippen LogP contribution in [-0.2, 0) is 15.6 Å². The summed E-state index contributed by atoms with van der Waals surface area (Å²) < 4.78 is 29.3. The third kappa shape index (κ3) is 5.00. The molecule has 2 aromatic carbocycles. The molecule has 31 heavy (non-hydrogen) atoms. The summed E-state index contributed by atoms with van der Waals surface area (Å²) in [6, 6.07) is 15.3. The van der Waals surface area contributed by atoms with Crippen molar-refractivity contribution in [1.29, 1.82) is 0 Å². The lowest BCUT2D eigenvalue weighted by molar-refractivity contribution is 0.392. The smallest absolute Gasteiger partial charge is 0.243 e. The van der Waals surface area contributed by atoms with Gasteiger partial charge in [0.2, 0.25) is 10.0 Å². The van der Waals surface area contributed by atoms with Gasteiger partial charge in [-0.25, -0.2) is 13.4 Å². The van der Waals surface area contributed by atoms with Crippen molar-refractivity contribution < 1.29 is 8.42 Å². The van der Waals surface area contributed by atoms with Crippen LogP contribution in [-0.4, -0.2) is 30.4 Å². The molecule has 166 valence electrons. The molecule has 0 saturated heterocycles. The van der Waals surface area contributed by atoms with Crippen molar-refractivity contribution in [2.45, 2.75) is 52.0 Å². The lowest BCUT2D eigenvalue weighted by Gasteiger charge is -2.24. The summed E-state index contributed by atoms with van der Waals surface area (Å²) in [6.07, 6.45) is 0. The van der Waals surface area contributed by atoms with E-state index in [1.165, 1.54) is 9.87 Å². The van der Waals surface area contributed by atoms with Gasteiger partial charge in [0.25, 0.3) is 0 Å². The Morgan fingerprint density at radius 2 is 1.55 bits per heavy atom. The Kier molecular flexibility index (Phi) is 6.88. The highest BCUT2D eigenvalue weighted by atomic mass is 32.2. The Morgan fingerprint density at radius 1 is 0.968 bits per heavy atom. The van der Waals surface area contributed by atoms with E-state index in [2.05, 4.69) is 49.8 Å². The molecule has 3 rings (SSSR count). The topological polar surface area (TPSA) is 54.7 Å². The number of aromatic nitrogens is 1. The zero-order valence-corrected chi connectivity index (χ0v) is 20.7. The van der Waals surface area contributed by atoms with Crippen molar-refractivity contribution in [3.63, 3.8) is 0 Å². The standard InChI is InChI=1S/C24H31N3O2S2/c1-7-26(8-2)31(28,29)21-15-11-19(12-16-21)22-17-30-23(27(22)24(4,5)6)25-20-13-9-18(3)10-14-20/h9-17H,7-8H2,1-6H3. The maximum absolute atomic E-state index is 12.8. The van der Waals surface area contributed by atoms with E-state index in [0.717, 1.165) is 21.7 Å². The summed E-state index contributed by atoms with van der Waals surface area (Å²) in [4.78, 5) is 6.11. The summed E-state index contributed by atoms with van der Waals surface area (Å²) >= 11 is 1.59. The summed E-state index contributed by atoms with van der Waals surface area (Å²) in [6.45, 7) is 13.1. The Morgan fingerprint density at radius 3 is 2.06 bits per heavy atom. The summed E-state index contributed by atoms with van der Waals surface area (Å²) in [7, 11) is -3.47. The van der Waals surface area contributed by atoms with E-state index >= 15 is 0 Å². The normalized spacial score (nSPS) is 13.2. The second kappa shape index (κ2) is 9.10. The van der Waals surface area contributed by atoms with E-state index in [4.69, 9.17) is 4.99 Å². The maximum Gasteiger partial charge on any atom is 0.243 e. The molecule has 0 unspecified atom stereocenters. The molecule has 0 fully saturated rings. The van der Waals surface area contributed by atoms with Gasteiger partial charge in [-0.3, -0.25) is 0 Å². The molecule has 0 atom stereocenters. The van der Waals surface area contributed by atoms with Gasteiger partial charge in [0.15, 0.2) is 4.80 Å². The average Bonchev–Trinajstić information content (AvgIpc) is 3.14. The molecule has 0 bridgehead atoms. The van der Waals surface area contributed by atoms with Gasteiger partial charge in [-0.05, 0) is 57.5 Å². The van der Waals surface area contributed by atoms with Gasteiger partial charge in [0, 0.05) is 24.0 Å². The second-order valence-electron chi connectivity index (χ2n) is 8.47.